The molecule has 1 aromatic heterocycles. The highest BCUT2D eigenvalue weighted by Crippen LogP contribution is 2.40. The third kappa shape index (κ3) is 3.82. The molecule has 3 heteroatoms. The van der Waals surface area contributed by atoms with Crippen molar-refractivity contribution in [1.29, 1.82) is 0 Å². The molecule has 3 aromatic carbocycles. The smallest absolute Gasteiger partial charge is 0.151 e. The van der Waals surface area contributed by atoms with Crippen molar-refractivity contribution in [1.82, 2.24) is 9.78 Å². The van der Waals surface area contributed by atoms with Crippen molar-refractivity contribution in [3.63, 3.8) is 0 Å². The maximum atomic E-state index is 5.10. The lowest BCUT2D eigenvalue weighted by Crippen LogP contribution is -2.38. The molecular weight excluding hydrogens is 378 g/mol. The average molecular weight is 406 g/mol. The van der Waals surface area contributed by atoms with Crippen LogP contribution in [0.5, 0.6) is 0 Å². The van der Waals surface area contributed by atoms with Crippen LogP contribution in [0.1, 0.15) is 16.7 Å². The first-order valence-corrected chi connectivity index (χ1v) is 10.5. The number of aromatic nitrogens is 2. The van der Waals surface area contributed by atoms with Gasteiger partial charge in [-0.15, -0.1) is 13.2 Å². The van der Waals surface area contributed by atoms with Crippen LogP contribution in [0, 0.1) is 0 Å². The lowest BCUT2D eigenvalue weighted by molar-refractivity contribution is 0.460. The van der Waals surface area contributed by atoms with Gasteiger partial charge in [0.1, 0.15) is 5.54 Å². The van der Waals surface area contributed by atoms with E-state index in [2.05, 4.69) is 126 Å². The molecule has 0 N–H and O–H groups in total. The zero-order valence-electron chi connectivity index (χ0n) is 17.6. The Balaban J connectivity index is 2.00. The first kappa shape index (κ1) is 20.4. The van der Waals surface area contributed by atoms with Gasteiger partial charge in [0.15, 0.2) is 5.82 Å². The lowest BCUT2D eigenvalue weighted by Gasteiger charge is -2.36. The zero-order valence-corrected chi connectivity index (χ0v) is 17.6. The van der Waals surface area contributed by atoms with Gasteiger partial charge in [0.05, 0.1) is 0 Å². The van der Waals surface area contributed by atoms with Crippen LogP contribution in [0.2, 0.25) is 0 Å². The number of hydrogen-bond donors (Lipinski definition) is 0. The first-order chi connectivity index (χ1) is 15.3. The van der Waals surface area contributed by atoms with Crippen LogP contribution < -0.4 is 4.90 Å². The molecule has 4 aromatic rings. The molecular formula is C28H27N3. The van der Waals surface area contributed by atoms with Gasteiger partial charge in [-0.05, 0) is 16.7 Å². The molecule has 0 aliphatic rings. The summed E-state index contributed by atoms with van der Waals surface area (Å²) in [6.45, 7) is 9.20. The number of hydrogen-bond acceptors (Lipinski definition) is 2. The zero-order chi connectivity index (χ0) is 21.5. The molecule has 0 amide bonds. The van der Waals surface area contributed by atoms with Gasteiger partial charge in [-0.25, -0.2) is 0 Å². The summed E-state index contributed by atoms with van der Waals surface area (Å²) in [5.74, 6) is 0.895. The Morgan fingerprint density at radius 1 is 0.677 bits per heavy atom. The normalized spacial score (nSPS) is 11.1. The van der Waals surface area contributed by atoms with Crippen LogP contribution in [0.15, 0.2) is 129 Å². The summed E-state index contributed by atoms with van der Waals surface area (Å²) in [6, 6.07) is 33.8. The topological polar surface area (TPSA) is 21.1 Å². The van der Waals surface area contributed by atoms with E-state index in [0.717, 1.165) is 22.5 Å². The van der Waals surface area contributed by atoms with Crippen molar-refractivity contribution < 1.29 is 0 Å². The summed E-state index contributed by atoms with van der Waals surface area (Å²) in [5.41, 5.74) is 2.86. The number of anilines is 1. The molecule has 0 spiro atoms. The van der Waals surface area contributed by atoms with Crippen LogP contribution >= 0.6 is 0 Å². The minimum absolute atomic E-state index is 0.601. The van der Waals surface area contributed by atoms with E-state index in [4.69, 9.17) is 5.10 Å². The molecule has 154 valence electrons. The van der Waals surface area contributed by atoms with Crippen LogP contribution in [-0.2, 0) is 5.54 Å². The highest BCUT2D eigenvalue weighted by Gasteiger charge is 2.39. The van der Waals surface area contributed by atoms with E-state index in [-0.39, 0.29) is 0 Å². The molecule has 0 bridgehead atoms. The molecule has 0 unspecified atom stereocenters. The monoisotopic (exact) mass is 405 g/mol. The maximum absolute atomic E-state index is 5.10. The fourth-order valence-corrected chi connectivity index (χ4v) is 4.18. The van der Waals surface area contributed by atoms with Crippen LogP contribution in [-0.4, -0.2) is 22.9 Å². The fourth-order valence-electron chi connectivity index (χ4n) is 4.18. The molecule has 0 fully saturated rings. The van der Waals surface area contributed by atoms with Crippen LogP contribution in [0.3, 0.4) is 0 Å². The van der Waals surface area contributed by atoms with Crippen molar-refractivity contribution in [3.8, 4) is 0 Å². The van der Waals surface area contributed by atoms with Gasteiger partial charge < -0.3 is 4.90 Å². The van der Waals surface area contributed by atoms with E-state index in [1.54, 1.807) is 0 Å². The summed E-state index contributed by atoms with van der Waals surface area (Å²) in [5, 5.41) is 5.10. The Bertz CT molecular complexity index is 1010. The Hall–Kier alpha value is -3.85. The molecule has 0 radical (unpaired) electrons. The Labute approximate surface area is 184 Å². The van der Waals surface area contributed by atoms with Gasteiger partial charge in [0.25, 0.3) is 0 Å². The number of nitrogens with zero attached hydrogens (tertiary/aromatic N) is 3. The van der Waals surface area contributed by atoms with E-state index < -0.39 is 5.54 Å². The molecule has 3 nitrogen and oxygen atoms in total. The summed E-state index contributed by atoms with van der Waals surface area (Å²) in [4.78, 5) is 2.15. The predicted molar refractivity (Wildman–Crippen MR) is 129 cm³/mol. The highest BCUT2D eigenvalue weighted by atomic mass is 15.4. The first-order valence-electron chi connectivity index (χ1n) is 10.5. The predicted octanol–water partition coefficient (Wildman–Crippen LogP) is 5.90. The van der Waals surface area contributed by atoms with Gasteiger partial charge in [-0.3, -0.25) is 4.68 Å². The molecule has 4 rings (SSSR count). The quantitative estimate of drug-likeness (QED) is 0.255. The van der Waals surface area contributed by atoms with E-state index in [1.165, 1.54) is 0 Å². The summed E-state index contributed by atoms with van der Waals surface area (Å²) < 4.78 is 2.08. The number of benzene rings is 3. The van der Waals surface area contributed by atoms with Crippen molar-refractivity contribution in [3.05, 3.63) is 145 Å². The minimum Gasteiger partial charge on any atom is -0.348 e. The lowest BCUT2D eigenvalue weighted by atomic mass is 9.77. The van der Waals surface area contributed by atoms with Gasteiger partial charge in [-0.1, -0.05) is 103 Å². The second-order valence-corrected chi connectivity index (χ2v) is 7.41. The van der Waals surface area contributed by atoms with Crippen molar-refractivity contribution in [2.24, 2.45) is 0 Å². The highest BCUT2D eigenvalue weighted by molar-refractivity contribution is 5.51. The Morgan fingerprint density at radius 3 is 1.48 bits per heavy atom. The van der Waals surface area contributed by atoms with E-state index >= 15 is 0 Å². The summed E-state index contributed by atoms with van der Waals surface area (Å²) in [6.07, 6.45) is 5.85. The van der Waals surface area contributed by atoms with Gasteiger partial charge in [-0.2, -0.15) is 5.10 Å². The minimum atomic E-state index is -0.601. The molecule has 0 aliphatic heterocycles. The Kier molecular flexibility index (Phi) is 6.13. The van der Waals surface area contributed by atoms with Crippen molar-refractivity contribution in [2.45, 2.75) is 5.54 Å². The average Bonchev–Trinajstić information content (AvgIpc) is 3.32. The van der Waals surface area contributed by atoms with E-state index in [9.17, 15) is 0 Å². The molecule has 0 atom stereocenters. The second-order valence-electron chi connectivity index (χ2n) is 7.41. The number of rotatable bonds is 9. The van der Waals surface area contributed by atoms with Crippen molar-refractivity contribution >= 4 is 5.82 Å². The second kappa shape index (κ2) is 9.31. The van der Waals surface area contributed by atoms with Crippen LogP contribution in [0.25, 0.3) is 0 Å². The fraction of sp³-hybridized carbons (Fsp3) is 0.107. The van der Waals surface area contributed by atoms with Gasteiger partial charge >= 0.3 is 0 Å². The maximum Gasteiger partial charge on any atom is 0.151 e. The summed E-state index contributed by atoms with van der Waals surface area (Å²) >= 11 is 0. The van der Waals surface area contributed by atoms with Gasteiger partial charge in [0.2, 0.25) is 0 Å². The van der Waals surface area contributed by atoms with E-state index in [1.807, 2.05) is 12.2 Å². The van der Waals surface area contributed by atoms with E-state index in [0.29, 0.717) is 13.1 Å². The molecule has 0 saturated heterocycles. The molecule has 1 heterocycles. The van der Waals surface area contributed by atoms with Crippen molar-refractivity contribution in [2.75, 3.05) is 18.0 Å². The van der Waals surface area contributed by atoms with Crippen LogP contribution in [0.4, 0.5) is 5.82 Å². The largest absolute Gasteiger partial charge is 0.348 e. The summed E-state index contributed by atoms with van der Waals surface area (Å²) in [7, 11) is 0. The molecule has 0 saturated carbocycles. The SMILES string of the molecule is C=CCN(CC=C)c1ccn(C(c2ccccc2)(c2ccccc2)c2ccccc2)n1. The molecule has 0 aliphatic carbocycles. The standard InChI is InChI=1S/C28H27N3/c1-3-21-30(22-4-2)27-20-23-31(29-27)28(24-14-8-5-9-15-24,25-16-10-6-11-17-25)26-18-12-7-13-19-26/h3-20,23H,1-2,21-22H2. The van der Waals surface area contributed by atoms with Gasteiger partial charge in [0, 0.05) is 25.4 Å². The third-order valence-electron chi connectivity index (χ3n) is 5.52. The third-order valence-corrected chi connectivity index (χ3v) is 5.52. The molecule has 31 heavy (non-hydrogen) atoms. The Morgan fingerprint density at radius 2 is 1.10 bits per heavy atom.